The SMILES string of the molecule is N#CC1(Cc2ccc(Br)s2)CCCCCCC1. The molecule has 1 aromatic rings. The summed E-state index contributed by atoms with van der Waals surface area (Å²) in [6.07, 6.45) is 9.51. The smallest absolute Gasteiger partial charge is 0.0701 e. The Kier molecular flexibility index (Phi) is 4.64. The van der Waals surface area contributed by atoms with E-state index < -0.39 is 0 Å². The molecule has 0 radical (unpaired) electrons. The highest BCUT2D eigenvalue weighted by Gasteiger charge is 2.30. The second-order valence-electron chi connectivity index (χ2n) is 5.04. The van der Waals surface area contributed by atoms with Gasteiger partial charge in [0, 0.05) is 11.3 Å². The molecule has 0 bridgehead atoms. The van der Waals surface area contributed by atoms with Crippen LogP contribution in [0.2, 0.25) is 0 Å². The summed E-state index contributed by atoms with van der Waals surface area (Å²) in [6, 6.07) is 6.88. The molecule has 0 N–H and O–H groups in total. The van der Waals surface area contributed by atoms with Gasteiger partial charge in [-0.1, -0.05) is 32.1 Å². The second-order valence-corrected chi connectivity index (χ2v) is 7.59. The minimum absolute atomic E-state index is 0.0925. The lowest BCUT2D eigenvalue weighted by molar-refractivity contribution is 0.289. The molecule has 0 saturated heterocycles. The highest BCUT2D eigenvalue weighted by Crippen LogP contribution is 2.38. The van der Waals surface area contributed by atoms with E-state index in [2.05, 4.69) is 34.1 Å². The van der Waals surface area contributed by atoms with Gasteiger partial charge in [0.25, 0.3) is 0 Å². The molecule has 1 aromatic heterocycles. The van der Waals surface area contributed by atoms with E-state index in [1.54, 1.807) is 11.3 Å². The van der Waals surface area contributed by atoms with Crippen molar-refractivity contribution in [2.45, 2.75) is 51.4 Å². The lowest BCUT2D eigenvalue weighted by Gasteiger charge is -2.28. The van der Waals surface area contributed by atoms with Gasteiger partial charge in [0.2, 0.25) is 0 Å². The molecule has 1 aliphatic carbocycles. The Hall–Kier alpha value is -0.330. The van der Waals surface area contributed by atoms with Crippen molar-refractivity contribution < 1.29 is 0 Å². The first-order valence-electron chi connectivity index (χ1n) is 6.40. The zero-order valence-corrected chi connectivity index (χ0v) is 12.4. The van der Waals surface area contributed by atoms with Crippen molar-refractivity contribution in [3.05, 3.63) is 20.8 Å². The number of nitrogens with zero attached hydrogens (tertiary/aromatic N) is 1. The lowest BCUT2D eigenvalue weighted by Crippen LogP contribution is -2.22. The summed E-state index contributed by atoms with van der Waals surface area (Å²) >= 11 is 5.27. The first kappa shape index (κ1) is 13.1. The van der Waals surface area contributed by atoms with Gasteiger partial charge in [-0.2, -0.15) is 5.26 Å². The zero-order valence-electron chi connectivity index (χ0n) is 10.0. The summed E-state index contributed by atoms with van der Waals surface area (Å²) in [5, 5.41) is 9.57. The van der Waals surface area contributed by atoms with E-state index in [1.807, 2.05) is 0 Å². The molecule has 1 aliphatic rings. The van der Waals surface area contributed by atoms with Gasteiger partial charge < -0.3 is 0 Å². The van der Waals surface area contributed by atoms with Crippen molar-refractivity contribution >= 4 is 27.3 Å². The molecule has 0 aliphatic heterocycles. The fourth-order valence-electron chi connectivity index (χ4n) is 2.69. The van der Waals surface area contributed by atoms with Crippen molar-refractivity contribution in [1.82, 2.24) is 0 Å². The maximum Gasteiger partial charge on any atom is 0.0701 e. The van der Waals surface area contributed by atoms with E-state index in [0.717, 1.165) is 19.3 Å². The normalized spacial score (nSPS) is 20.2. The van der Waals surface area contributed by atoms with Crippen LogP contribution in [0.3, 0.4) is 0 Å². The topological polar surface area (TPSA) is 23.8 Å². The molecule has 0 amide bonds. The number of hydrogen-bond donors (Lipinski definition) is 0. The van der Waals surface area contributed by atoms with E-state index in [-0.39, 0.29) is 5.41 Å². The predicted octanol–water partition coefficient (Wildman–Crippen LogP) is 5.31. The van der Waals surface area contributed by atoms with Gasteiger partial charge in [-0.05, 0) is 40.9 Å². The van der Waals surface area contributed by atoms with E-state index in [0.29, 0.717) is 0 Å². The predicted molar refractivity (Wildman–Crippen MR) is 76.1 cm³/mol. The molecule has 0 spiro atoms. The molecular weight excluding hydrogens is 294 g/mol. The van der Waals surface area contributed by atoms with Gasteiger partial charge in [-0.15, -0.1) is 11.3 Å². The summed E-state index contributed by atoms with van der Waals surface area (Å²) in [5.74, 6) is 0. The van der Waals surface area contributed by atoms with Crippen LogP contribution in [0, 0.1) is 16.7 Å². The van der Waals surface area contributed by atoms with Crippen LogP contribution in [0.4, 0.5) is 0 Å². The van der Waals surface area contributed by atoms with Crippen molar-refractivity contribution in [3.63, 3.8) is 0 Å². The first-order chi connectivity index (χ1) is 8.24. The Bertz CT molecular complexity index is 397. The van der Waals surface area contributed by atoms with E-state index in [1.165, 1.54) is 40.8 Å². The van der Waals surface area contributed by atoms with E-state index in [9.17, 15) is 5.26 Å². The van der Waals surface area contributed by atoms with Crippen LogP contribution in [-0.4, -0.2) is 0 Å². The Labute approximate surface area is 116 Å². The molecule has 1 heterocycles. The molecule has 0 atom stereocenters. The third-order valence-electron chi connectivity index (χ3n) is 3.69. The fourth-order valence-corrected chi connectivity index (χ4v) is 4.32. The van der Waals surface area contributed by atoms with Gasteiger partial charge in [0.15, 0.2) is 0 Å². The van der Waals surface area contributed by atoms with Crippen LogP contribution in [0.15, 0.2) is 15.9 Å². The summed E-state index contributed by atoms with van der Waals surface area (Å²) < 4.78 is 1.17. The number of rotatable bonds is 2. The summed E-state index contributed by atoms with van der Waals surface area (Å²) in [5.41, 5.74) is -0.0925. The van der Waals surface area contributed by atoms with Crippen molar-refractivity contribution in [3.8, 4) is 6.07 Å². The molecule has 17 heavy (non-hydrogen) atoms. The van der Waals surface area contributed by atoms with Crippen LogP contribution < -0.4 is 0 Å². The van der Waals surface area contributed by atoms with Gasteiger partial charge in [0.05, 0.1) is 15.3 Å². The minimum Gasteiger partial charge on any atom is -0.198 e. The van der Waals surface area contributed by atoms with Crippen LogP contribution in [0.25, 0.3) is 0 Å². The summed E-state index contributed by atoms with van der Waals surface area (Å²) in [6.45, 7) is 0. The molecule has 1 saturated carbocycles. The Morgan fingerprint density at radius 3 is 2.35 bits per heavy atom. The highest BCUT2D eigenvalue weighted by atomic mass is 79.9. The lowest BCUT2D eigenvalue weighted by atomic mass is 9.75. The van der Waals surface area contributed by atoms with Gasteiger partial charge in [-0.3, -0.25) is 0 Å². The minimum atomic E-state index is -0.0925. The fraction of sp³-hybridized carbons (Fsp3) is 0.643. The Morgan fingerprint density at radius 2 is 1.82 bits per heavy atom. The van der Waals surface area contributed by atoms with E-state index >= 15 is 0 Å². The molecule has 1 nitrogen and oxygen atoms in total. The molecule has 0 aromatic carbocycles. The first-order valence-corrected chi connectivity index (χ1v) is 8.01. The van der Waals surface area contributed by atoms with Crippen LogP contribution in [-0.2, 0) is 6.42 Å². The summed E-state index contributed by atoms with van der Waals surface area (Å²) in [7, 11) is 0. The second kappa shape index (κ2) is 6.02. The maximum absolute atomic E-state index is 9.57. The molecule has 2 rings (SSSR count). The average Bonchev–Trinajstić information content (AvgIpc) is 2.68. The van der Waals surface area contributed by atoms with Crippen LogP contribution >= 0.6 is 27.3 Å². The van der Waals surface area contributed by atoms with Crippen molar-refractivity contribution in [1.29, 1.82) is 5.26 Å². The van der Waals surface area contributed by atoms with Gasteiger partial charge in [0.1, 0.15) is 0 Å². The average molecular weight is 312 g/mol. The highest BCUT2D eigenvalue weighted by molar-refractivity contribution is 9.11. The third-order valence-corrected chi connectivity index (χ3v) is 5.31. The molecule has 0 unspecified atom stereocenters. The van der Waals surface area contributed by atoms with Gasteiger partial charge >= 0.3 is 0 Å². The van der Waals surface area contributed by atoms with Crippen molar-refractivity contribution in [2.24, 2.45) is 5.41 Å². The maximum atomic E-state index is 9.57. The zero-order chi connectivity index (χ0) is 12.1. The molecule has 3 heteroatoms. The van der Waals surface area contributed by atoms with E-state index in [4.69, 9.17) is 0 Å². The van der Waals surface area contributed by atoms with Gasteiger partial charge in [-0.25, -0.2) is 0 Å². The molecule has 92 valence electrons. The largest absolute Gasteiger partial charge is 0.198 e. The molecule has 1 fully saturated rings. The van der Waals surface area contributed by atoms with Crippen LogP contribution in [0.1, 0.15) is 49.8 Å². The number of nitriles is 1. The third kappa shape index (κ3) is 3.56. The van der Waals surface area contributed by atoms with Crippen LogP contribution in [0.5, 0.6) is 0 Å². The summed E-state index contributed by atoms with van der Waals surface area (Å²) in [4.78, 5) is 1.35. The number of thiophene rings is 1. The van der Waals surface area contributed by atoms with Crippen molar-refractivity contribution in [2.75, 3.05) is 0 Å². The Balaban J connectivity index is 2.09. The number of halogens is 1. The quantitative estimate of drug-likeness (QED) is 0.726. The monoisotopic (exact) mass is 311 g/mol. The molecular formula is C14H18BrNS. The Morgan fingerprint density at radius 1 is 1.18 bits per heavy atom. The number of hydrogen-bond acceptors (Lipinski definition) is 2. The standard InChI is InChI=1S/C14H18BrNS/c15-13-7-6-12(17-13)10-14(11-16)8-4-2-1-3-5-9-14/h6-7H,1-5,8-10H2.